The van der Waals surface area contributed by atoms with Crippen molar-refractivity contribution in [2.45, 2.75) is 39.8 Å². The summed E-state index contributed by atoms with van der Waals surface area (Å²) < 4.78 is 8.03. The number of benzene rings is 2. The molecule has 0 atom stereocenters. The molecule has 4 aromatic rings. The molecule has 30 heavy (non-hydrogen) atoms. The topological polar surface area (TPSA) is 44.1 Å². The fourth-order valence-corrected chi connectivity index (χ4v) is 3.48. The SMILES string of the molecule is Cc1ccc(C(=O)c2cccn2Cc2cnc3c(OC(C)(C)C)cccc3c2)cc1. The highest BCUT2D eigenvalue weighted by atomic mass is 16.5. The van der Waals surface area contributed by atoms with Gasteiger partial charge in [0.2, 0.25) is 5.78 Å². The van der Waals surface area contributed by atoms with Crippen molar-refractivity contribution in [1.29, 1.82) is 0 Å². The first-order chi connectivity index (χ1) is 14.3. The fraction of sp³-hybridized carbons (Fsp3) is 0.231. The Morgan fingerprint density at radius 3 is 2.53 bits per heavy atom. The Balaban J connectivity index is 1.62. The van der Waals surface area contributed by atoms with E-state index in [1.54, 1.807) is 0 Å². The molecule has 0 unspecified atom stereocenters. The van der Waals surface area contributed by atoms with Crippen LogP contribution in [0.2, 0.25) is 0 Å². The summed E-state index contributed by atoms with van der Waals surface area (Å²) in [6, 6.07) is 19.5. The Bertz CT molecular complexity index is 1200. The Morgan fingerprint density at radius 1 is 1.03 bits per heavy atom. The van der Waals surface area contributed by atoms with Crippen LogP contribution in [-0.2, 0) is 6.54 Å². The Morgan fingerprint density at radius 2 is 1.80 bits per heavy atom. The van der Waals surface area contributed by atoms with Gasteiger partial charge in [-0.1, -0.05) is 42.0 Å². The number of carbonyl (C=O) groups excluding carboxylic acids is 1. The average molecular weight is 399 g/mol. The number of aromatic nitrogens is 2. The van der Waals surface area contributed by atoms with Crippen LogP contribution in [0.1, 0.15) is 48.0 Å². The van der Waals surface area contributed by atoms with Crippen molar-refractivity contribution in [3.8, 4) is 5.75 Å². The molecule has 0 radical (unpaired) electrons. The second-order valence-corrected chi connectivity index (χ2v) is 8.60. The van der Waals surface area contributed by atoms with E-state index in [2.05, 4.69) is 11.1 Å². The van der Waals surface area contributed by atoms with Gasteiger partial charge in [-0.3, -0.25) is 9.78 Å². The fourth-order valence-electron chi connectivity index (χ4n) is 3.48. The maximum absolute atomic E-state index is 13.0. The lowest BCUT2D eigenvalue weighted by Crippen LogP contribution is -2.23. The van der Waals surface area contributed by atoms with Crippen LogP contribution in [-0.4, -0.2) is 20.9 Å². The lowest BCUT2D eigenvalue weighted by Gasteiger charge is -2.22. The monoisotopic (exact) mass is 398 g/mol. The van der Waals surface area contributed by atoms with Gasteiger partial charge in [0.25, 0.3) is 0 Å². The van der Waals surface area contributed by atoms with Crippen molar-refractivity contribution in [3.05, 3.63) is 95.4 Å². The predicted molar refractivity (Wildman–Crippen MR) is 120 cm³/mol. The van der Waals surface area contributed by atoms with Gasteiger partial charge in [0, 0.05) is 29.9 Å². The number of ketones is 1. The normalized spacial score (nSPS) is 11.6. The lowest BCUT2D eigenvalue weighted by atomic mass is 10.1. The Labute approximate surface area is 177 Å². The van der Waals surface area contributed by atoms with Gasteiger partial charge in [0.05, 0.1) is 5.69 Å². The van der Waals surface area contributed by atoms with Gasteiger partial charge < -0.3 is 9.30 Å². The first-order valence-electron chi connectivity index (χ1n) is 10.1. The summed E-state index contributed by atoms with van der Waals surface area (Å²) in [7, 11) is 0. The van der Waals surface area contributed by atoms with Gasteiger partial charge >= 0.3 is 0 Å². The van der Waals surface area contributed by atoms with Crippen molar-refractivity contribution >= 4 is 16.7 Å². The molecule has 0 aliphatic rings. The van der Waals surface area contributed by atoms with Gasteiger partial charge in [0.1, 0.15) is 16.9 Å². The second-order valence-electron chi connectivity index (χ2n) is 8.60. The van der Waals surface area contributed by atoms with Crippen molar-refractivity contribution < 1.29 is 9.53 Å². The number of nitrogens with zero attached hydrogens (tertiary/aromatic N) is 2. The summed E-state index contributed by atoms with van der Waals surface area (Å²) in [6.07, 6.45) is 3.79. The quantitative estimate of drug-likeness (QED) is 0.399. The smallest absolute Gasteiger partial charge is 0.209 e. The van der Waals surface area contributed by atoms with Gasteiger partial charge in [-0.25, -0.2) is 0 Å². The van der Waals surface area contributed by atoms with Crippen LogP contribution >= 0.6 is 0 Å². The molecule has 4 nitrogen and oxygen atoms in total. The van der Waals surface area contributed by atoms with E-state index in [-0.39, 0.29) is 11.4 Å². The van der Waals surface area contributed by atoms with Crippen LogP contribution in [0.25, 0.3) is 10.9 Å². The minimum Gasteiger partial charge on any atom is -0.486 e. The zero-order valence-electron chi connectivity index (χ0n) is 17.8. The zero-order valence-corrected chi connectivity index (χ0v) is 17.8. The molecule has 152 valence electrons. The number of fused-ring (bicyclic) bond motifs is 1. The molecule has 0 spiro atoms. The maximum Gasteiger partial charge on any atom is 0.209 e. The molecule has 0 aliphatic carbocycles. The lowest BCUT2D eigenvalue weighted by molar-refractivity contribution is 0.103. The predicted octanol–water partition coefficient (Wildman–Crippen LogP) is 5.80. The van der Waals surface area contributed by atoms with Crippen LogP contribution in [0, 0.1) is 6.92 Å². The number of para-hydroxylation sites is 1. The largest absolute Gasteiger partial charge is 0.486 e. The van der Waals surface area contributed by atoms with Crippen LogP contribution in [0.5, 0.6) is 5.75 Å². The Hall–Kier alpha value is -3.40. The highest BCUT2D eigenvalue weighted by Gasteiger charge is 2.16. The van der Waals surface area contributed by atoms with E-state index in [4.69, 9.17) is 4.74 Å². The van der Waals surface area contributed by atoms with Crippen LogP contribution < -0.4 is 4.74 Å². The molecule has 0 N–H and O–H groups in total. The van der Waals surface area contributed by atoms with Gasteiger partial charge in [-0.2, -0.15) is 0 Å². The van der Waals surface area contributed by atoms with E-state index in [0.29, 0.717) is 17.8 Å². The Kier molecular flexibility index (Phi) is 5.17. The second kappa shape index (κ2) is 7.79. The maximum atomic E-state index is 13.0. The van der Waals surface area contributed by atoms with Crippen molar-refractivity contribution in [3.63, 3.8) is 0 Å². The molecule has 0 fully saturated rings. The highest BCUT2D eigenvalue weighted by Crippen LogP contribution is 2.27. The third-order valence-corrected chi connectivity index (χ3v) is 4.88. The first kappa shape index (κ1) is 19.9. The molecule has 4 heteroatoms. The molecular formula is C26H26N2O2. The number of ether oxygens (including phenoxy) is 1. The van der Waals surface area contributed by atoms with Gasteiger partial charge in [-0.05, 0) is 57.5 Å². The minimum atomic E-state index is -0.287. The third kappa shape index (κ3) is 4.28. The van der Waals surface area contributed by atoms with Crippen LogP contribution in [0.3, 0.4) is 0 Å². The van der Waals surface area contributed by atoms with E-state index in [0.717, 1.165) is 27.8 Å². The molecule has 0 saturated heterocycles. The van der Waals surface area contributed by atoms with E-state index >= 15 is 0 Å². The molecule has 0 amide bonds. The molecule has 0 bridgehead atoms. The molecular weight excluding hydrogens is 372 g/mol. The zero-order chi connectivity index (χ0) is 21.3. The molecule has 4 rings (SSSR count). The van der Waals surface area contributed by atoms with Crippen molar-refractivity contribution in [1.82, 2.24) is 9.55 Å². The third-order valence-electron chi connectivity index (χ3n) is 4.88. The summed E-state index contributed by atoms with van der Waals surface area (Å²) >= 11 is 0. The van der Waals surface area contributed by atoms with E-state index < -0.39 is 0 Å². The van der Waals surface area contributed by atoms with Gasteiger partial charge in [0.15, 0.2) is 0 Å². The number of rotatable bonds is 5. The molecule has 2 heterocycles. The first-order valence-corrected chi connectivity index (χ1v) is 10.1. The number of hydrogen-bond acceptors (Lipinski definition) is 3. The summed E-state index contributed by atoms with van der Waals surface area (Å²) in [5.41, 5.74) is 4.10. The summed E-state index contributed by atoms with van der Waals surface area (Å²) in [6.45, 7) is 8.67. The van der Waals surface area contributed by atoms with Crippen molar-refractivity contribution in [2.75, 3.05) is 0 Å². The van der Waals surface area contributed by atoms with Crippen LogP contribution in [0.15, 0.2) is 73.1 Å². The number of pyridine rings is 1. The summed E-state index contributed by atoms with van der Waals surface area (Å²) in [5, 5.41) is 1.02. The summed E-state index contributed by atoms with van der Waals surface area (Å²) in [5.74, 6) is 0.803. The average Bonchev–Trinajstić information content (AvgIpc) is 3.15. The van der Waals surface area contributed by atoms with E-state index in [1.807, 2.05) is 99.3 Å². The molecule has 2 aromatic heterocycles. The number of hydrogen-bond donors (Lipinski definition) is 0. The number of aryl methyl sites for hydroxylation is 1. The summed E-state index contributed by atoms with van der Waals surface area (Å²) in [4.78, 5) is 17.6. The van der Waals surface area contributed by atoms with E-state index in [9.17, 15) is 4.79 Å². The van der Waals surface area contributed by atoms with Crippen LogP contribution in [0.4, 0.5) is 0 Å². The minimum absolute atomic E-state index is 0.0228. The standard InChI is InChI=1S/C26H26N2O2/c1-18-10-12-20(13-11-18)25(29)22-8-6-14-28(22)17-19-15-21-7-5-9-23(24(21)27-16-19)30-26(2,3)4/h5-16H,17H2,1-4H3. The van der Waals surface area contributed by atoms with Crippen molar-refractivity contribution in [2.24, 2.45) is 0 Å². The number of carbonyl (C=O) groups is 1. The molecule has 0 saturated carbocycles. The molecule has 2 aromatic carbocycles. The highest BCUT2D eigenvalue weighted by molar-refractivity contribution is 6.08. The van der Waals surface area contributed by atoms with Gasteiger partial charge in [-0.15, -0.1) is 0 Å². The molecule has 0 aliphatic heterocycles. The van der Waals surface area contributed by atoms with E-state index in [1.165, 1.54) is 0 Å².